The molecule has 0 aromatic heterocycles. The summed E-state index contributed by atoms with van der Waals surface area (Å²) in [5.41, 5.74) is 1.42. The lowest BCUT2D eigenvalue weighted by molar-refractivity contribution is -0.390. The molecule has 7 fully saturated rings. The molecule has 5 heteroatoms. The van der Waals surface area contributed by atoms with E-state index < -0.39 is 11.6 Å². The van der Waals surface area contributed by atoms with Crippen LogP contribution < -0.4 is 10.1 Å². The molecular weight excluding hydrogens is 414 g/mol. The van der Waals surface area contributed by atoms with Gasteiger partial charge in [-0.05, 0) is 112 Å². The van der Waals surface area contributed by atoms with Crippen LogP contribution in [0.1, 0.15) is 82.1 Å². The second-order valence-electron chi connectivity index (χ2n) is 12.1. The Balaban J connectivity index is 0.956. The largest absolute Gasteiger partial charge is 0.493 e. The van der Waals surface area contributed by atoms with Crippen LogP contribution in [0, 0.1) is 29.6 Å². The standard InChI is InChI=1S/C28H39NO4/c1-3-26(30-18-19-7-11-29-12-8-19)4-2-22(1)23-5-9-27(10-6-23)31-28(33-32-27)24-14-20-13-21(16-24)17-25(28)15-20/h1-4,19-21,23-25,29H,5-18H2/t20?,21?,23-,24?,25?,27+,28-. The smallest absolute Gasteiger partial charge is 0.210 e. The van der Waals surface area contributed by atoms with Gasteiger partial charge in [0.2, 0.25) is 11.6 Å². The summed E-state index contributed by atoms with van der Waals surface area (Å²) in [7, 11) is 0. The molecule has 8 rings (SSSR count). The molecule has 1 aromatic carbocycles. The average Bonchev–Trinajstić information content (AvgIpc) is 3.22. The van der Waals surface area contributed by atoms with Crippen LogP contribution >= 0.6 is 0 Å². The second-order valence-corrected chi connectivity index (χ2v) is 12.1. The van der Waals surface area contributed by atoms with Crippen molar-refractivity contribution in [3.05, 3.63) is 29.8 Å². The molecule has 2 aliphatic heterocycles. The zero-order valence-electron chi connectivity index (χ0n) is 19.8. The van der Waals surface area contributed by atoms with Gasteiger partial charge in [-0.15, -0.1) is 0 Å². The van der Waals surface area contributed by atoms with Crippen LogP contribution in [-0.4, -0.2) is 31.3 Å². The Bertz CT molecular complexity index is 812. The number of hydrogen-bond acceptors (Lipinski definition) is 5. The Morgan fingerprint density at radius 3 is 2.15 bits per heavy atom. The predicted molar refractivity (Wildman–Crippen MR) is 125 cm³/mol. The number of hydrogen-bond donors (Lipinski definition) is 1. The molecule has 33 heavy (non-hydrogen) atoms. The van der Waals surface area contributed by atoms with Crippen molar-refractivity contribution in [1.29, 1.82) is 0 Å². The lowest BCUT2D eigenvalue weighted by Gasteiger charge is -2.57. The van der Waals surface area contributed by atoms with Gasteiger partial charge in [0.25, 0.3) is 0 Å². The zero-order valence-corrected chi connectivity index (χ0v) is 19.8. The minimum Gasteiger partial charge on any atom is -0.493 e. The van der Waals surface area contributed by atoms with E-state index in [1.165, 1.54) is 50.5 Å². The first kappa shape index (κ1) is 21.2. The first-order valence-electron chi connectivity index (χ1n) is 13.7. The fourth-order valence-corrected chi connectivity index (χ4v) is 8.28. The van der Waals surface area contributed by atoms with Gasteiger partial charge in [-0.2, -0.15) is 9.78 Å². The van der Waals surface area contributed by atoms with Gasteiger partial charge >= 0.3 is 0 Å². The van der Waals surface area contributed by atoms with Gasteiger partial charge in [-0.1, -0.05) is 12.1 Å². The first-order valence-corrected chi connectivity index (χ1v) is 13.7. The molecule has 4 bridgehead atoms. The molecule has 5 aliphatic carbocycles. The van der Waals surface area contributed by atoms with E-state index in [0.29, 0.717) is 23.7 Å². The third kappa shape index (κ3) is 3.74. The van der Waals surface area contributed by atoms with E-state index in [1.54, 1.807) is 0 Å². The lowest BCUT2D eigenvalue weighted by Crippen LogP contribution is -2.59. The first-order chi connectivity index (χ1) is 16.2. The van der Waals surface area contributed by atoms with Crippen molar-refractivity contribution in [3.63, 3.8) is 0 Å². The van der Waals surface area contributed by atoms with E-state index in [-0.39, 0.29) is 0 Å². The molecule has 0 amide bonds. The van der Waals surface area contributed by atoms with Crippen molar-refractivity contribution in [2.75, 3.05) is 19.7 Å². The quantitative estimate of drug-likeness (QED) is 0.606. The molecule has 5 saturated carbocycles. The van der Waals surface area contributed by atoms with Crippen LogP contribution in [0.4, 0.5) is 0 Å². The molecule has 7 aliphatic rings. The Kier molecular flexibility index (Phi) is 5.27. The Labute approximate surface area is 197 Å². The van der Waals surface area contributed by atoms with Crippen LogP contribution in [-0.2, 0) is 14.5 Å². The van der Waals surface area contributed by atoms with E-state index in [1.807, 2.05) is 0 Å². The summed E-state index contributed by atoms with van der Waals surface area (Å²) in [5.74, 6) is 4.21. The highest BCUT2D eigenvalue weighted by molar-refractivity contribution is 5.30. The SMILES string of the molecule is c1cc([C@H]2CC[C@]3(CC2)OO[C@]2(O3)C3CC4CC(C3)CC2C4)ccc1OCC1CCNCC1. The van der Waals surface area contributed by atoms with Gasteiger partial charge in [-0.25, -0.2) is 0 Å². The zero-order chi connectivity index (χ0) is 21.9. The summed E-state index contributed by atoms with van der Waals surface area (Å²) < 4.78 is 13.0. The Hall–Kier alpha value is -1.14. The van der Waals surface area contributed by atoms with Crippen LogP contribution in [0.15, 0.2) is 24.3 Å². The highest BCUT2D eigenvalue weighted by Gasteiger charge is 2.66. The highest BCUT2D eigenvalue weighted by atomic mass is 17.3. The molecule has 1 aromatic rings. The predicted octanol–water partition coefficient (Wildman–Crippen LogP) is 5.55. The summed E-state index contributed by atoms with van der Waals surface area (Å²) in [6.07, 6.45) is 13.0. The van der Waals surface area contributed by atoms with Crippen LogP contribution in [0.5, 0.6) is 5.75 Å². The Morgan fingerprint density at radius 1 is 0.818 bits per heavy atom. The third-order valence-corrected chi connectivity index (χ3v) is 9.99. The molecule has 5 nitrogen and oxygen atoms in total. The van der Waals surface area contributed by atoms with Crippen molar-refractivity contribution in [1.82, 2.24) is 5.32 Å². The van der Waals surface area contributed by atoms with Crippen molar-refractivity contribution < 1.29 is 19.2 Å². The minimum atomic E-state index is -0.510. The summed E-state index contributed by atoms with van der Waals surface area (Å²) in [4.78, 5) is 12.3. The van der Waals surface area contributed by atoms with Gasteiger partial charge in [0.05, 0.1) is 6.61 Å². The summed E-state index contributed by atoms with van der Waals surface area (Å²) in [5, 5.41) is 3.42. The van der Waals surface area contributed by atoms with E-state index in [4.69, 9.17) is 19.2 Å². The van der Waals surface area contributed by atoms with Gasteiger partial charge in [0.1, 0.15) is 5.75 Å². The second kappa shape index (κ2) is 8.22. The lowest BCUT2D eigenvalue weighted by atomic mass is 9.53. The van der Waals surface area contributed by atoms with Gasteiger partial charge in [0.15, 0.2) is 0 Å². The maximum atomic E-state index is 6.88. The fraction of sp³-hybridized carbons (Fsp3) is 0.786. The maximum absolute atomic E-state index is 6.88. The van der Waals surface area contributed by atoms with Crippen molar-refractivity contribution in [2.24, 2.45) is 29.6 Å². The number of piperidine rings is 1. The average molecular weight is 454 g/mol. The normalized spacial score (nSPS) is 44.7. The Morgan fingerprint density at radius 2 is 1.48 bits per heavy atom. The van der Waals surface area contributed by atoms with Crippen molar-refractivity contribution in [2.45, 2.75) is 88.1 Å². The topological polar surface area (TPSA) is 49.0 Å². The molecule has 0 atom stereocenters. The summed E-state index contributed by atoms with van der Waals surface area (Å²) in [6.45, 7) is 3.09. The van der Waals surface area contributed by atoms with Gasteiger partial charge < -0.3 is 14.8 Å². The monoisotopic (exact) mass is 453 g/mol. The van der Waals surface area contributed by atoms with E-state index in [9.17, 15) is 0 Å². The molecule has 2 spiro atoms. The van der Waals surface area contributed by atoms with Gasteiger partial charge in [0, 0.05) is 24.7 Å². The van der Waals surface area contributed by atoms with Crippen LogP contribution in [0.2, 0.25) is 0 Å². The molecular formula is C28H39NO4. The fourth-order valence-electron chi connectivity index (χ4n) is 8.28. The third-order valence-electron chi connectivity index (χ3n) is 9.99. The van der Waals surface area contributed by atoms with Crippen LogP contribution in [0.3, 0.4) is 0 Å². The number of nitrogens with one attached hydrogen (secondary N) is 1. The molecule has 0 radical (unpaired) electrons. The molecule has 180 valence electrons. The van der Waals surface area contributed by atoms with Gasteiger partial charge in [-0.3, -0.25) is 0 Å². The van der Waals surface area contributed by atoms with E-state index in [2.05, 4.69) is 29.6 Å². The number of benzene rings is 1. The highest BCUT2D eigenvalue weighted by Crippen LogP contribution is 2.64. The minimum absolute atomic E-state index is 0.437. The van der Waals surface area contributed by atoms with Crippen molar-refractivity contribution in [3.8, 4) is 5.75 Å². The maximum Gasteiger partial charge on any atom is 0.210 e. The molecule has 1 N–H and O–H groups in total. The molecule has 0 unspecified atom stereocenters. The molecule has 2 heterocycles. The molecule has 2 saturated heterocycles. The van der Waals surface area contributed by atoms with E-state index in [0.717, 1.165) is 63.0 Å². The van der Waals surface area contributed by atoms with Crippen molar-refractivity contribution >= 4 is 0 Å². The van der Waals surface area contributed by atoms with E-state index >= 15 is 0 Å². The van der Waals surface area contributed by atoms with Crippen LogP contribution in [0.25, 0.3) is 0 Å². The number of rotatable bonds is 4. The number of ether oxygens (including phenoxy) is 2. The summed E-state index contributed by atoms with van der Waals surface area (Å²) >= 11 is 0. The summed E-state index contributed by atoms with van der Waals surface area (Å²) in [6, 6.07) is 8.87.